The average molecular weight is 391 g/mol. The minimum Gasteiger partial charge on any atom is -0.459 e. The van der Waals surface area contributed by atoms with Gasteiger partial charge in [-0.1, -0.05) is 23.7 Å². The molecule has 3 aromatic rings. The topological polar surface area (TPSA) is 88.5 Å². The van der Waals surface area contributed by atoms with Crippen LogP contribution >= 0.6 is 11.6 Å². The summed E-state index contributed by atoms with van der Waals surface area (Å²) in [5, 5.41) is 24.6. The molecule has 8 heteroatoms. The molecule has 3 rings (SSSR count). The van der Waals surface area contributed by atoms with Crippen LogP contribution in [0, 0.1) is 15.9 Å². The van der Waals surface area contributed by atoms with Gasteiger partial charge in [0.15, 0.2) is 0 Å². The first kappa shape index (κ1) is 19.0. The molecule has 1 aromatic heterocycles. The third kappa shape index (κ3) is 4.71. The maximum atomic E-state index is 13.2. The number of halogens is 2. The normalized spacial score (nSPS) is 12.1. The van der Waals surface area contributed by atoms with Crippen molar-refractivity contribution in [2.45, 2.75) is 12.6 Å². The van der Waals surface area contributed by atoms with Crippen molar-refractivity contribution in [2.75, 3.05) is 6.54 Å². The summed E-state index contributed by atoms with van der Waals surface area (Å²) in [4.78, 5) is 10.7. The van der Waals surface area contributed by atoms with Crippen molar-refractivity contribution in [3.05, 3.63) is 86.9 Å². The van der Waals surface area contributed by atoms with Crippen LogP contribution < -0.4 is 5.32 Å². The van der Waals surface area contributed by atoms with E-state index in [1.165, 1.54) is 30.3 Å². The van der Waals surface area contributed by atoms with E-state index in [0.29, 0.717) is 29.2 Å². The van der Waals surface area contributed by atoms with Gasteiger partial charge in [-0.2, -0.15) is 0 Å². The molecule has 6 nitrogen and oxygen atoms in total. The predicted molar refractivity (Wildman–Crippen MR) is 98.9 cm³/mol. The number of aliphatic hydroxyl groups is 1. The Labute approximate surface area is 159 Å². The molecule has 0 bridgehead atoms. The van der Waals surface area contributed by atoms with Crippen LogP contribution in [0.3, 0.4) is 0 Å². The van der Waals surface area contributed by atoms with E-state index >= 15 is 0 Å². The van der Waals surface area contributed by atoms with Gasteiger partial charge in [-0.05, 0) is 42.0 Å². The smallest absolute Gasteiger partial charge is 0.281 e. The van der Waals surface area contributed by atoms with Gasteiger partial charge in [-0.15, -0.1) is 0 Å². The quantitative estimate of drug-likeness (QED) is 0.459. The van der Waals surface area contributed by atoms with Crippen molar-refractivity contribution in [3.8, 4) is 11.3 Å². The zero-order chi connectivity index (χ0) is 19.4. The summed E-state index contributed by atoms with van der Waals surface area (Å²) in [6.45, 7) is 0.494. The van der Waals surface area contributed by atoms with Gasteiger partial charge in [0.05, 0.1) is 23.1 Å². The van der Waals surface area contributed by atoms with Gasteiger partial charge in [0, 0.05) is 17.6 Å². The SMILES string of the molecule is O=[N+]([O-])c1cc(Cl)ccc1-c1ccc(CNCC(O)c2cccc(F)c2)o1. The molecule has 0 saturated carbocycles. The highest BCUT2D eigenvalue weighted by atomic mass is 35.5. The number of nitrogens with zero attached hydrogens (tertiary/aromatic N) is 1. The second kappa shape index (κ2) is 8.30. The average Bonchev–Trinajstić information content (AvgIpc) is 3.10. The van der Waals surface area contributed by atoms with Gasteiger partial charge in [-0.25, -0.2) is 4.39 Å². The Morgan fingerprint density at radius 2 is 2.04 bits per heavy atom. The van der Waals surface area contributed by atoms with Gasteiger partial charge < -0.3 is 14.8 Å². The van der Waals surface area contributed by atoms with Crippen molar-refractivity contribution in [1.82, 2.24) is 5.32 Å². The van der Waals surface area contributed by atoms with Crippen molar-refractivity contribution in [3.63, 3.8) is 0 Å². The monoisotopic (exact) mass is 390 g/mol. The Hall–Kier alpha value is -2.74. The van der Waals surface area contributed by atoms with Crippen LogP contribution in [0.4, 0.5) is 10.1 Å². The van der Waals surface area contributed by atoms with Crippen LogP contribution in [0.2, 0.25) is 5.02 Å². The van der Waals surface area contributed by atoms with Crippen LogP contribution in [-0.4, -0.2) is 16.6 Å². The highest BCUT2D eigenvalue weighted by molar-refractivity contribution is 6.30. The number of hydrogen-bond acceptors (Lipinski definition) is 5. The molecule has 1 heterocycles. The van der Waals surface area contributed by atoms with Gasteiger partial charge in [0.1, 0.15) is 17.3 Å². The molecule has 0 aliphatic heterocycles. The summed E-state index contributed by atoms with van der Waals surface area (Å²) in [6.07, 6.45) is -0.868. The summed E-state index contributed by atoms with van der Waals surface area (Å²) >= 11 is 5.82. The maximum absolute atomic E-state index is 13.2. The van der Waals surface area contributed by atoms with E-state index in [2.05, 4.69) is 5.32 Å². The lowest BCUT2D eigenvalue weighted by Crippen LogP contribution is -2.20. The zero-order valence-electron chi connectivity index (χ0n) is 14.1. The second-order valence-electron chi connectivity index (χ2n) is 5.89. The Kier molecular flexibility index (Phi) is 5.85. The van der Waals surface area contributed by atoms with E-state index in [0.717, 1.165) is 0 Å². The summed E-state index contributed by atoms with van der Waals surface area (Å²) in [5.74, 6) is 0.480. The molecule has 1 atom stereocenters. The molecule has 0 amide bonds. The number of benzene rings is 2. The fourth-order valence-electron chi connectivity index (χ4n) is 2.65. The highest BCUT2D eigenvalue weighted by Gasteiger charge is 2.18. The zero-order valence-corrected chi connectivity index (χ0v) is 14.8. The van der Waals surface area contributed by atoms with Crippen LogP contribution in [0.25, 0.3) is 11.3 Å². The van der Waals surface area contributed by atoms with E-state index in [1.807, 2.05) is 0 Å². The molecule has 1 unspecified atom stereocenters. The second-order valence-corrected chi connectivity index (χ2v) is 6.32. The Morgan fingerprint density at radius 3 is 2.78 bits per heavy atom. The summed E-state index contributed by atoms with van der Waals surface area (Å²) < 4.78 is 18.8. The molecule has 0 radical (unpaired) electrons. The molecular weight excluding hydrogens is 375 g/mol. The highest BCUT2D eigenvalue weighted by Crippen LogP contribution is 2.33. The first-order valence-corrected chi connectivity index (χ1v) is 8.49. The number of rotatable bonds is 7. The Balaban J connectivity index is 1.64. The van der Waals surface area contributed by atoms with E-state index < -0.39 is 16.8 Å². The Bertz CT molecular complexity index is 960. The summed E-state index contributed by atoms with van der Waals surface area (Å²) in [6, 6.07) is 13.4. The molecule has 0 saturated heterocycles. The van der Waals surface area contributed by atoms with Gasteiger partial charge in [0.2, 0.25) is 0 Å². The molecule has 0 fully saturated rings. The molecule has 2 N–H and O–H groups in total. The molecule has 2 aromatic carbocycles. The lowest BCUT2D eigenvalue weighted by atomic mass is 10.1. The van der Waals surface area contributed by atoms with Crippen molar-refractivity contribution >= 4 is 17.3 Å². The summed E-state index contributed by atoms with van der Waals surface area (Å²) in [7, 11) is 0. The number of nitro groups is 1. The standard InChI is InChI=1S/C19H16ClFN2O4/c20-13-4-6-16(17(9-13)23(25)26)19-7-5-15(27-19)10-22-11-18(24)12-2-1-3-14(21)8-12/h1-9,18,22,24H,10-11H2. The van der Waals surface area contributed by atoms with E-state index in [-0.39, 0.29) is 17.3 Å². The minimum absolute atomic E-state index is 0.141. The van der Waals surface area contributed by atoms with Gasteiger partial charge >= 0.3 is 0 Å². The first-order valence-electron chi connectivity index (χ1n) is 8.11. The van der Waals surface area contributed by atoms with E-state index in [1.54, 1.807) is 24.3 Å². The largest absolute Gasteiger partial charge is 0.459 e. The van der Waals surface area contributed by atoms with Crippen LogP contribution in [-0.2, 0) is 6.54 Å². The van der Waals surface area contributed by atoms with Gasteiger partial charge in [0.25, 0.3) is 5.69 Å². The molecule has 140 valence electrons. The minimum atomic E-state index is -0.868. The number of aliphatic hydroxyl groups excluding tert-OH is 1. The van der Waals surface area contributed by atoms with Gasteiger partial charge in [-0.3, -0.25) is 10.1 Å². The van der Waals surface area contributed by atoms with Crippen LogP contribution in [0.5, 0.6) is 0 Å². The fourth-order valence-corrected chi connectivity index (χ4v) is 2.81. The number of hydrogen-bond donors (Lipinski definition) is 2. The van der Waals surface area contributed by atoms with E-state index in [9.17, 15) is 19.6 Å². The third-order valence-corrected chi connectivity index (χ3v) is 4.19. The van der Waals surface area contributed by atoms with Crippen molar-refractivity contribution < 1.29 is 18.8 Å². The number of nitrogens with one attached hydrogen (secondary N) is 1. The molecule has 0 aliphatic carbocycles. The van der Waals surface area contributed by atoms with Crippen LogP contribution in [0.15, 0.2) is 59.0 Å². The van der Waals surface area contributed by atoms with Crippen molar-refractivity contribution in [2.24, 2.45) is 0 Å². The molecule has 27 heavy (non-hydrogen) atoms. The third-order valence-electron chi connectivity index (χ3n) is 3.95. The predicted octanol–water partition coefficient (Wildman–Crippen LogP) is 4.47. The Morgan fingerprint density at radius 1 is 1.22 bits per heavy atom. The molecule has 0 aliphatic rings. The summed E-state index contributed by atoms with van der Waals surface area (Å²) in [5.41, 5.74) is 0.660. The lowest BCUT2D eigenvalue weighted by molar-refractivity contribution is -0.384. The number of nitro benzene ring substituents is 1. The molecular formula is C19H16ClFN2O4. The molecule has 0 spiro atoms. The number of furan rings is 1. The fraction of sp³-hybridized carbons (Fsp3) is 0.158. The van der Waals surface area contributed by atoms with Crippen LogP contribution in [0.1, 0.15) is 17.4 Å². The maximum Gasteiger partial charge on any atom is 0.281 e. The lowest BCUT2D eigenvalue weighted by Gasteiger charge is -2.11. The van der Waals surface area contributed by atoms with E-state index in [4.69, 9.17) is 16.0 Å². The van der Waals surface area contributed by atoms with Crippen molar-refractivity contribution in [1.29, 1.82) is 0 Å². The first-order chi connectivity index (χ1) is 12.9.